The lowest BCUT2D eigenvalue weighted by atomic mass is 9.92. The Morgan fingerprint density at radius 3 is 2.44 bits per heavy atom. The second-order valence-electron chi connectivity index (χ2n) is 12.4. The zero-order valence-corrected chi connectivity index (χ0v) is 26.0. The molecule has 2 aliphatic rings. The fraction of sp³-hybridized carbons (Fsp3) is 0.333. The lowest BCUT2D eigenvalue weighted by molar-refractivity contribution is -0.206. The lowest BCUT2D eigenvalue weighted by Gasteiger charge is -2.29. The molecule has 0 radical (unpaired) electrons. The molecule has 1 atom stereocenters. The molecule has 1 aliphatic heterocycles. The highest BCUT2D eigenvalue weighted by atomic mass is 19.4. The Bertz CT molecular complexity index is 2010. The second kappa shape index (κ2) is 12.0. The summed E-state index contributed by atoms with van der Waals surface area (Å²) >= 11 is 0. The van der Waals surface area contributed by atoms with Crippen LogP contribution in [-0.2, 0) is 0 Å². The smallest absolute Gasteiger partial charge is 0.395 e. The zero-order valence-electron chi connectivity index (χ0n) is 26.0. The summed E-state index contributed by atoms with van der Waals surface area (Å²) in [6, 6.07) is 13.7. The number of nitrogens with one attached hydrogen (secondary N) is 4. The van der Waals surface area contributed by atoms with Crippen LogP contribution in [0.3, 0.4) is 0 Å². The molecule has 48 heavy (non-hydrogen) atoms. The average molecular weight is 664 g/mol. The number of hydrogen-bond acceptors (Lipinski definition) is 10. The number of rotatable bonds is 10. The van der Waals surface area contributed by atoms with Gasteiger partial charge in [0.05, 0.1) is 46.6 Å². The summed E-state index contributed by atoms with van der Waals surface area (Å²) < 4.78 is 74.8. The molecule has 1 fully saturated rings. The first-order valence-corrected chi connectivity index (χ1v) is 14.9. The molecule has 3 heterocycles. The molecule has 248 valence electrons. The SMILES string of the molecule is COc1nccc2c([C@H](Nc3cc(C#N)c4ncc(C#N)c(NCC(C)(C)C(F)(F)F)c4c3)C3=CN(C4(C(F)F)CC4)NN3)cccc12. The van der Waals surface area contributed by atoms with Crippen molar-refractivity contribution in [2.45, 2.75) is 50.9 Å². The molecule has 0 saturated heterocycles. The van der Waals surface area contributed by atoms with Gasteiger partial charge in [0.15, 0.2) is 0 Å². The molecule has 6 rings (SSSR count). The van der Waals surface area contributed by atoms with Crippen LogP contribution in [0.1, 0.15) is 49.4 Å². The predicted octanol–water partition coefficient (Wildman–Crippen LogP) is 6.65. The number of pyridine rings is 2. The van der Waals surface area contributed by atoms with Gasteiger partial charge in [-0.25, -0.2) is 13.8 Å². The number of benzene rings is 2. The van der Waals surface area contributed by atoms with Gasteiger partial charge >= 0.3 is 6.18 Å². The summed E-state index contributed by atoms with van der Waals surface area (Å²) in [4.78, 5) is 8.57. The van der Waals surface area contributed by atoms with Crippen LogP contribution in [0, 0.1) is 28.1 Å². The van der Waals surface area contributed by atoms with Gasteiger partial charge in [-0.3, -0.25) is 9.99 Å². The summed E-state index contributed by atoms with van der Waals surface area (Å²) in [5.74, 6) is 0.376. The first-order valence-electron chi connectivity index (χ1n) is 14.9. The van der Waals surface area contributed by atoms with Crippen molar-refractivity contribution < 1.29 is 26.7 Å². The fourth-order valence-corrected chi connectivity index (χ4v) is 5.67. The minimum Gasteiger partial charge on any atom is -0.481 e. The number of hydrogen-bond donors (Lipinski definition) is 4. The molecule has 4 aromatic rings. The van der Waals surface area contributed by atoms with Crippen LogP contribution in [0.4, 0.5) is 33.3 Å². The average Bonchev–Trinajstić information content (AvgIpc) is 3.74. The van der Waals surface area contributed by atoms with Crippen LogP contribution in [0.25, 0.3) is 21.7 Å². The third kappa shape index (κ3) is 5.60. The zero-order chi connectivity index (χ0) is 34.4. The first-order chi connectivity index (χ1) is 22.8. The molecule has 10 nitrogen and oxygen atoms in total. The van der Waals surface area contributed by atoms with Gasteiger partial charge in [-0.15, -0.1) is 5.53 Å². The largest absolute Gasteiger partial charge is 0.481 e. The number of hydrazine groups is 2. The predicted molar refractivity (Wildman–Crippen MR) is 168 cm³/mol. The van der Waals surface area contributed by atoms with Crippen molar-refractivity contribution in [3.05, 3.63) is 77.4 Å². The summed E-state index contributed by atoms with van der Waals surface area (Å²) in [6.07, 6.45) is -2.18. The first kappa shape index (κ1) is 32.5. The van der Waals surface area contributed by atoms with E-state index in [0.717, 1.165) is 19.2 Å². The monoisotopic (exact) mass is 663 g/mol. The van der Waals surface area contributed by atoms with Gasteiger partial charge in [0.25, 0.3) is 6.43 Å². The lowest BCUT2D eigenvalue weighted by Crippen LogP contribution is -2.48. The number of nitriles is 2. The molecule has 2 aromatic carbocycles. The number of fused-ring (bicyclic) bond motifs is 2. The Balaban J connectivity index is 1.49. The second-order valence-corrected chi connectivity index (χ2v) is 12.4. The highest BCUT2D eigenvalue weighted by Gasteiger charge is 2.56. The van der Waals surface area contributed by atoms with Crippen LogP contribution in [0.15, 0.2) is 60.7 Å². The Labute approximate surface area is 272 Å². The highest BCUT2D eigenvalue weighted by molar-refractivity contribution is 5.99. The van der Waals surface area contributed by atoms with E-state index in [0.29, 0.717) is 41.1 Å². The Hall–Kier alpha value is -5.41. The molecule has 1 saturated carbocycles. The van der Waals surface area contributed by atoms with E-state index in [9.17, 15) is 32.5 Å². The molecule has 2 aromatic heterocycles. The number of alkyl halides is 5. The maximum absolute atomic E-state index is 14.0. The molecular weight excluding hydrogens is 633 g/mol. The van der Waals surface area contributed by atoms with Crippen molar-refractivity contribution >= 4 is 33.1 Å². The van der Waals surface area contributed by atoms with Crippen molar-refractivity contribution in [2.75, 3.05) is 24.3 Å². The molecule has 0 unspecified atom stereocenters. The fourth-order valence-electron chi connectivity index (χ4n) is 5.67. The topological polar surface area (TPSA) is 134 Å². The summed E-state index contributed by atoms with van der Waals surface area (Å²) in [5.41, 5.74) is 4.27. The van der Waals surface area contributed by atoms with Crippen molar-refractivity contribution in [3.8, 4) is 18.0 Å². The third-order valence-electron chi connectivity index (χ3n) is 8.85. The number of aromatic nitrogens is 2. The number of methoxy groups -OCH3 is 1. The molecule has 15 heteroatoms. The van der Waals surface area contributed by atoms with Crippen LogP contribution in [0.5, 0.6) is 5.88 Å². The third-order valence-corrected chi connectivity index (χ3v) is 8.85. The molecule has 0 bridgehead atoms. The van der Waals surface area contributed by atoms with Crippen LogP contribution in [-0.4, -0.2) is 46.8 Å². The summed E-state index contributed by atoms with van der Waals surface area (Å²) in [6.45, 7) is 1.53. The van der Waals surface area contributed by atoms with Gasteiger partial charge in [-0.2, -0.15) is 23.7 Å². The van der Waals surface area contributed by atoms with Gasteiger partial charge in [0.2, 0.25) is 5.88 Å². The van der Waals surface area contributed by atoms with Gasteiger partial charge in [0.1, 0.15) is 17.7 Å². The maximum Gasteiger partial charge on any atom is 0.395 e. The number of halogens is 5. The van der Waals surface area contributed by atoms with Gasteiger partial charge in [0, 0.05) is 41.6 Å². The van der Waals surface area contributed by atoms with Crippen LogP contribution >= 0.6 is 0 Å². The normalized spacial score (nSPS) is 16.2. The maximum atomic E-state index is 14.0. The quantitative estimate of drug-likeness (QED) is 0.137. The van der Waals surface area contributed by atoms with Gasteiger partial charge < -0.3 is 20.8 Å². The minimum absolute atomic E-state index is 0.00606. The van der Waals surface area contributed by atoms with E-state index in [2.05, 4.69) is 37.6 Å². The summed E-state index contributed by atoms with van der Waals surface area (Å²) in [5, 5.41) is 29.2. The molecule has 0 spiro atoms. The Morgan fingerprint density at radius 1 is 1.04 bits per heavy atom. The summed E-state index contributed by atoms with van der Waals surface area (Å²) in [7, 11) is 1.50. The van der Waals surface area contributed by atoms with E-state index in [1.54, 1.807) is 30.6 Å². The van der Waals surface area contributed by atoms with E-state index < -0.39 is 36.1 Å². The van der Waals surface area contributed by atoms with Gasteiger partial charge in [-0.1, -0.05) is 12.1 Å². The standard InChI is InChI=1S/C33H30F5N9O/c1-31(2,33(36,37)38)17-43-27-19(14-40)15-42-26-18(13-39)11-20(12-24(26)27)44-28(25-16-47(46-45-25)32(8-9-32)30(34)35)22-5-4-6-23-21(22)7-10-41-29(23)48-3/h4-7,10-12,15-16,28,30,44-46H,8-9,17H2,1-3H3,(H,42,43)/t28-/m0/s1. The number of nitrogens with zero attached hydrogens (tertiary/aromatic N) is 5. The Morgan fingerprint density at radius 2 is 1.79 bits per heavy atom. The van der Waals surface area contributed by atoms with Crippen molar-refractivity contribution in [2.24, 2.45) is 5.41 Å². The number of anilines is 2. The molecule has 0 amide bonds. The van der Waals surface area contributed by atoms with Crippen molar-refractivity contribution in [1.82, 2.24) is 25.9 Å². The molecular formula is C33H30F5N9O. The van der Waals surface area contributed by atoms with E-state index in [1.807, 2.05) is 18.2 Å². The van der Waals surface area contributed by atoms with Crippen molar-refractivity contribution in [1.29, 1.82) is 10.5 Å². The van der Waals surface area contributed by atoms with E-state index in [1.165, 1.54) is 24.4 Å². The van der Waals surface area contributed by atoms with Crippen LogP contribution in [0.2, 0.25) is 0 Å². The molecule has 1 aliphatic carbocycles. The van der Waals surface area contributed by atoms with Crippen molar-refractivity contribution in [3.63, 3.8) is 0 Å². The van der Waals surface area contributed by atoms with Crippen LogP contribution < -0.4 is 26.3 Å². The van der Waals surface area contributed by atoms with E-state index in [4.69, 9.17) is 4.74 Å². The number of ether oxygens (including phenoxy) is 1. The van der Waals surface area contributed by atoms with E-state index in [-0.39, 0.29) is 27.7 Å². The Kier molecular flexibility index (Phi) is 8.13. The minimum atomic E-state index is -4.53. The van der Waals surface area contributed by atoms with Gasteiger partial charge in [-0.05, 0) is 61.9 Å². The van der Waals surface area contributed by atoms with E-state index >= 15 is 0 Å². The highest BCUT2D eigenvalue weighted by Crippen LogP contribution is 2.47. The molecule has 4 N–H and O–H groups in total.